The number of halogens is 1. The molecule has 0 unspecified atom stereocenters. The van der Waals surface area contributed by atoms with Crippen molar-refractivity contribution in [1.29, 1.82) is 0 Å². The van der Waals surface area contributed by atoms with Crippen molar-refractivity contribution in [3.05, 3.63) is 80.0 Å². The van der Waals surface area contributed by atoms with Gasteiger partial charge in [0.25, 0.3) is 5.56 Å². The number of nitrogens with one attached hydrogen (secondary N) is 2. The number of benzene rings is 2. The molecule has 1 amide bonds. The number of carbonyl (C=O) groups excluding carboxylic acids is 1. The SMILES string of the molecule is CCn1c(NNC(=O)Cc2csc(COc3ccc(Cl)cc3)n2)nc2ccccc2c1=O. The second kappa shape index (κ2) is 9.80. The zero-order valence-electron chi connectivity index (χ0n) is 17.2. The van der Waals surface area contributed by atoms with E-state index in [-0.39, 0.29) is 23.8 Å². The minimum atomic E-state index is -0.300. The fourth-order valence-corrected chi connectivity index (χ4v) is 3.89. The van der Waals surface area contributed by atoms with E-state index in [9.17, 15) is 9.59 Å². The molecule has 0 aliphatic heterocycles. The maximum Gasteiger partial charge on any atom is 0.262 e. The lowest BCUT2D eigenvalue weighted by molar-refractivity contribution is -0.120. The third-order valence-corrected chi connectivity index (χ3v) is 5.73. The van der Waals surface area contributed by atoms with Crippen LogP contribution >= 0.6 is 22.9 Å². The molecule has 0 spiro atoms. The van der Waals surface area contributed by atoms with E-state index in [2.05, 4.69) is 20.8 Å². The Labute approximate surface area is 192 Å². The molecule has 2 N–H and O–H groups in total. The Bertz CT molecular complexity index is 1300. The Balaban J connectivity index is 1.35. The van der Waals surface area contributed by atoms with Crippen molar-refractivity contribution in [2.75, 3.05) is 5.43 Å². The van der Waals surface area contributed by atoms with Crippen LogP contribution in [0.5, 0.6) is 5.75 Å². The van der Waals surface area contributed by atoms with Crippen LogP contribution < -0.4 is 21.1 Å². The normalized spacial score (nSPS) is 10.8. The van der Waals surface area contributed by atoms with Gasteiger partial charge in [-0.3, -0.25) is 25.0 Å². The summed E-state index contributed by atoms with van der Waals surface area (Å²) >= 11 is 7.28. The summed E-state index contributed by atoms with van der Waals surface area (Å²) in [4.78, 5) is 33.9. The largest absolute Gasteiger partial charge is 0.486 e. The minimum absolute atomic E-state index is 0.0778. The lowest BCUT2D eigenvalue weighted by Gasteiger charge is -2.13. The molecule has 10 heteroatoms. The first-order valence-corrected chi connectivity index (χ1v) is 11.2. The first kappa shape index (κ1) is 21.8. The van der Waals surface area contributed by atoms with Crippen LogP contribution in [0.1, 0.15) is 17.6 Å². The van der Waals surface area contributed by atoms with E-state index in [1.54, 1.807) is 42.5 Å². The Morgan fingerprint density at radius 1 is 1.16 bits per heavy atom. The van der Waals surface area contributed by atoms with Crippen LogP contribution in [0.4, 0.5) is 5.95 Å². The predicted molar refractivity (Wildman–Crippen MR) is 125 cm³/mol. The average molecular weight is 470 g/mol. The lowest BCUT2D eigenvalue weighted by Crippen LogP contribution is -2.35. The fraction of sp³-hybridized carbons (Fsp3) is 0.182. The maximum absolute atomic E-state index is 12.6. The quantitative estimate of drug-likeness (QED) is 0.381. The monoisotopic (exact) mass is 469 g/mol. The number of hydrazine groups is 1. The number of para-hydroxylation sites is 1. The van der Waals surface area contributed by atoms with Gasteiger partial charge in [0.05, 0.1) is 23.0 Å². The van der Waals surface area contributed by atoms with Crippen LogP contribution in [0.15, 0.2) is 58.7 Å². The lowest BCUT2D eigenvalue weighted by atomic mass is 10.2. The molecule has 0 saturated heterocycles. The van der Waals surface area contributed by atoms with Crippen LogP contribution in [-0.2, 0) is 24.4 Å². The molecule has 32 heavy (non-hydrogen) atoms. The van der Waals surface area contributed by atoms with E-state index in [1.165, 1.54) is 15.9 Å². The third-order valence-electron chi connectivity index (χ3n) is 4.61. The Kier molecular flexibility index (Phi) is 6.67. The summed E-state index contributed by atoms with van der Waals surface area (Å²) in [6.07, 6.45) is 0.0778. The van der Waals surface area contributed by atoms with E-state index < -0.39 is 0 Å². The van der Waals surface area contributed by atoms with Crippen molar-refractivity contribution in [2.45, 2.75) is 26.5 Å². The molecule has 2 aromatic heterocycles. The van der Waals surface area contributed by atoms with Gasteiger partial charge in [-0.15, -0.1) is 11.3 Å². The van der Waals surface area contributed by atoms with Crippen molar-refractivity contribution in [1.82, 2.24) is 20.0 Å². The third kappa shape index (κ3) is 5.06. The molecule has 0 aliphatic carbocycles. The van der Waals surface area contributed by atoms with E-state index in [0.717, 1.165) is 5.01 Å². The van der Waals surface area contributed by atoms with E-state index >= 15 is 0 Å². The number of hydrogen-bond acceptors (Lipinski definition) is 7. The molecule has 2 aromatic carbocycles. The predicted octanol–water partition coefficient (Wildman–Crippen LogP) is 3.79. The van der Waals surface area contributed by atoms with Crippen molar-refractivity contribution in [3.8, 4) is 5.75 Å². The number of nitrogens with zero attached hydrogens (tertiary/aromatic N) is 3. The summed E-state index contributed by atoms with van der Waals surface area (Å²) in [6, 6.07) is 14.2. The van der Waals surface area contributed by atoms with Gasteiger partial charge in [0.15, 0.2) is 0 Å². The summed E-state index contributed by atoms with van der Waals surface area (Å²) in [5.41, 5.74) is 6.38. The molecule has 4 rings (SSSR count). The standard InChI is InChI=1S/C22H20ClN5O3S/c1-2-28-21(30)17-5-3-4-6-18(17)25-22(28)27-26-19(29)11-15-13-32-20(24-15)12-31-16-9-7-14(23)8-10-16/h3-10,13H,2,11-12H2,1H3,(H,25,27)(H,26,29). The smallest absolute Gasteiger partial charge is 0.262 e. The molecule has 0 saturated carbocycles. The second-order valence-electron chi connectivity index (χ2n) is 6.83. The number of hydrogen-bond donors (Lipinski definition) is 2. The van der Waals surface area contributed by atoms with Gasteiger partial charge in [0, 0.05) is 16.9 Å². The summed E-state index contributed by atoms with van der Waals surface area (Å²) in [6.45, 7) is 2.56. The molecule has 0 aliphatic rings. The van der Waals surface area contributed by atoms with Crippen molar-refractivity contribution >= 4 is 45.7 Å². The number of aromatic nitrogens is 3. The molecular weight excluding hydrogens is 450 g/mol. The Morgan fingerprint density at radius 3 is 2.72 bits per heavy atom. The van der Waals surface area contributed by atoms with Crippen LogP contribution in [0, 0.1) is 0 Å². The zero-order valence-corrected chi connectivity index (χ0v) is 18.7. The second-order valence-corrected chi connectivity index (χ2v) is 8.21. The molecule has 164 valence electrons. The van der Waals surface area contributed by atoms with Crippen LogP contribution in [0.25, 0.3) is 10.9 Å². The van der Waals surface area contributed by atoms with Crippen LogP contribution in [0.2, 0.25) is 5.02 Å². The van der Waals surface area contributed by atoms with E-state index in [0.29, 0.717) is 40.5 Å². The summed E-state index contributed by atoms with van der Waals surface area (Å²) < 4.78 is 7.15. The molecule has 0 atom stereocenters. The highest BCUT2D eigenvalue weighted by molar-refractivity contribution is 7.09. The number of fused-ring (bicyclic) bond motifs is 1. The van der Waals surface area contributed by atoms with Crippen LogP contribution in [0.3, 0.4) is 0 Å². The first-order valence-electron chi connectivity index (χ1n) is 9.89. The minimum Gasteiger partial charge on any atom is -0.486 e. The average Bonchev–Trinajstić information content (AvgIpc) is 3.24. The van der Waals surface area contributed by atoms with Crippen molar-refractivity contribution in [2.24, 2.45) is 0 Å². The van der Waals surface area contributed by atoms with Gasteiger partial charge in [-0.25, -0.2) is 9.97 Å². The Morgan fingerprint density at radius 2 is 1.94 bits per heavy atom. The van der Waals surface area contributed by atoms with Gasteiger partial charge in [-0.05, 0) is 43.3 Å². The fourth-order valence-electron chi connectivity index (χ4n) is 3.06. The number of thiazole rings is 1. The topological polar surface area (TPSA) is 98.1 Å². The molecule has 0 fully saturated rings. The highest BCUT2D eigenvalue weighted by atomic mass is 35.5. The highest BCUT2D eigenvalue weighted by Crippen LogP contribution is 2.18. The number of amides is 1. The maximum atomic E-state index is 12.6. The number of ether oxygens (including phenoxy) is 1. The zero-order chi connectivity index (χ0) is 22.5. The van der Waals surface area contributed by atoms with Gasteiger partial charge in [-0.1, -0.05) is 23.7 Å². The summed E-state index contributed by atoms with van der Waals surface area (Å²) in [5.74, 6) is 0.670. The molecule has 0 bridgehead atoms. The van der Waals surface area contributed by atoms with Gasteiger partial charge in [-0.2, -0.15) is 0 Å². The van der Waals surface area contributed by atoms with E-state index in [1.807, 2.05) is 18.4 Å². The molecule has 8 nitrogen and oxygen atoms in total. The van der Waals surface area contributed by atoms with Crippen molar-refractivity contribution in [3.63, 3.8) is 0 Å². The van der Waals surface area contributed by atoms with Crippen molar-refractivity contribution < 1.29 is 9.53 Å². The molecule has 4 aromatic rings. The number of rotatable bonds is 8. The van der Waals surface area contributed by atoms with Gasteiger partial charge >= 0.3 is 0 Å². The number of carbonyl (C=O) groups is 1. The molecular formula is C22H20ClN5O3S. The van der Waals surface area contributed by atoms with Gasteiger partial charge in [0.2, 0.25) is 11.9 Å². The van der Waals surface area contributed by atoms with E-state index in [4.69, 9.17) is 16.3 Å². The first-order chi connectivity index (χ1) is 15.5. The highest BCUT2D eigenvalue weighted by Gasteiger charge is 2.12. The summed E-state index contributed by atoms with van der Waals surface area (Å²) in [5, 5.41) is 3.74. The summed E-state index contributed by atoms with van der Waals surface area (Å²) in [7, 11) is 0. The van der Waals surface area contributed by atoms with Gasteiger partial charge < -0.3 is 4.74 Å². The van der Waals surface area contributed by atoms with Crippen LogP contribution in [-0.4, -0.2) is 20.4 Å². The number of anilines is 1. The van der Waals surface area contributed by atoms with Gasteiger partial charge in [0.1, 0.15) is 17.4 Å². The Hall–Kier alpha value is -3.43. The molecule has 2 heterocycles. The molecule has 0 radical (unpaired) electrons.